The molecular weight excluding hydrogens is 279 g/mol. The first-order valence-electron chi connectivity index (χ1n) is 6.34. The van der Waals surface area contributed by atoms with E-state index in [1.807, 2.05) is 13.0 Å². The molecule has 5 heteroatoms. The maximum atomic E-state index is 13.3. The van der Waals surface area contributed by atoms with Crippen molar-refractivity contribution in [1.29, 1.82) is 0 Å². The standard InChI is InChI=1S/C15H16ClFN2O/c1-2-6-20-14-5-3-4-13(15(14)18)19-12-8-10(16)7-11(17)9-12/h3-5,7-9,19H,2,6,18H2,1H3. The average molecular weight is 295 g/mol. The van der Waals surface area contributed by atoms with Gasteiger partial charge >= 0.3 is 0 Å². The number of hydrogen-bond acceptors (Lipinski definition) is 3. The molecule has 2 aromatic rings. The maximum absolute atomic E-state index is 13.3. The van der Waals surface area contributed by atoms with E-state index in [0.29, 0.717) is 34.4 Å². The van der Waals surface area contributed by atoms with E-state index in [1.165, 1.54) is 12.1 Å². The summed E-state index contributed by atoms with van der Waals surface area (Å²) >= 11 is 5.82. The lowest BCUT2D eigenvalue weighted by atomic mass is 10.2. The zero-order valence-electron chi connectivity index (χ0n) is 11.1. The molecule has 0 unspecified atom stereocenters. The van der Waals surface area contributed by atoms with Crippen LogP contribution in [0.3, 0.4) is 0 Å². The largest absolute Gasteiger partial charge is 0.491 e. The summed E-state index contributed by atoms with van der Waals surface area (Å²) < 4.78 is 18.8. The van der Waals surface area contributed by atoms with Gasteiger partial charge in [0.1, 0.15) is 11.6 Å². The van der Waals surface area contributed by atoms with Gasteiger partial charge in [0, 0.05) is 10.7 Å². The molecule has 0 saturated carbocycles. The lowest BCUT2D eigenvalue weighted by Crippen LogP contribution is -2.02. The normalized spacial score (nSPS) is 10.3. The third kappa shape index (κ3) is 3.54. The molecule has 2 rings (SSSR count). The molecule has 106 valence electrons. The number of halogens is 2. The van der Waals surface area contributed by atoms with Crippen LogP contribution < -0.4 is 15.8 Å². The number of para-hydroxylation sites is 1. The van der Waals surface area contributed by atoms with E-state index in [9.17, 15) is 4.39 Å². The monoisotopic (exact) mass is 294 g/mol. The SMILES string of the molecule is CCCOc1cccc(Nc2cc(F)cc(Cl)c2)c1N. The second-order valence-electron chi connectivity index (χ2n) is 4.35. The minimum absolute atomic E-state index is 0.324. The lowest BCUT2D eigenvalue weighted by molar-refractivity contribution is 0.319. The number of hydrogen-bond donors (Lipinski definition) is 2. The third-order valence-corrected chi connectivity index (χ3v) is 2.89. The van der Waals surface area contributed by atoms with Gasteiger partial charge in [-0.1, -0.05) is 24.6 Å². The molecule has 0 saturated heterocycles. The highest BCUT2D eigenvalue weighted by atomic mass is 35.5. The van der Waals surface area contributed by atoms with Crippen LogP contribution in [0.5, 0.6) is 5.75 Å². The number of rotatable bonds is 5. The van der Waals surface area contributed by atoms with Gasteiger partial charge in [0.25, 0.3) is 0 Å². The van der Waals surface area contributed by atoms with Crippen LogP contribution in [-0.2, 0) is 0 Å². The zero-order valence-corrected chi connectivity index (χ0v) is 11.9. The molecule has 0 aromatic heterocycles. The predicted molar refractivity (Wildman–Crippen MR) is 81.3 cm³/mol. The van der Waals surface area contributed by atoms with E-state index in [2.05, 4.69) is 5.32 Å². The van der Waals surface area contributed by atoms with Gasteiger partial charge in [-0.15, -0.1) is 0 Å². The third-order valence-electron chi connectivity index (χ3n) is 2.67. The second kappa shape index (κ2) is 6.48. The summed E-state index contributed by atoms with van der Waals surface area (Å²) in [6.45, 7) is 2.62. The van der Waals surface area contributed by atoms with E-state index >= 15 is 0 Å². The van der Waals surface area contributed by atoms with Crippen LogP contribution in [0, 0.1) is 5.82 Å². The first-order valence-corrected chi connectivity index (χ1v) is 6.72. The second-order valence-corrected chi connectivity index (χ2v) is 4.79. The predicted octanol–water partition coefficient (Wildman–Crippen LogP) is 4.59. The van der Waals surface area contributed by atoms with E-state index in [0.717, 1.165) is 6.42 Å². The molecule has 2 aromatic carbocycles. The molecule has 0 bridgehead atoms. The van der Waals surface area contributed by atoms with Gasteiger partial charge in [-0.2, -0.15) is 0 Å². The summed E-state index contributed by atoms with van der Waals surface area (Å²) in [7, 11) is 0. The van der Waals surface area contributed by atoms with Gasteiger partial charge in [0.15, 0.2) is 0 Å². The van der Waals surface area contributed by atoms with Crippen molar-refractivity contribution in [3.05, 3.63) is 47.2 Å². The molecule has 0 aliphatic rings. The average Bonchev–Trinajstić information content (AvgIpc) is 2.38. The van der Waals surface area contributed by atoms with E-state index in [1.54, 1.807) is 18.2 Å². The Morgan fingerprint density at radius 2 is 2.10 bits per heavy atom. The van der Waals surface area contributed by atoms with Crippen molar-refractivity contribution in [2.75, 3.05) is 17.7 Å². The highest BCUT2D eigenvalue weighted by Crippen LogP contribution is 2.32. The van der Waals surface area contributed by atoms with Crippen molar-refractivity contribution in [2.24, 2.45) is 0 Å². The number of nitrogens with two attached hydrogens (primary N) is 1. The van der Waals surface area contributed by atoms with Crippen LogP contribution >= 0.6 is 11.6 Å². The Hall–Kier alpha value is -1.94. The van der Waals surface area contributed by atoms with Crippen LogP contribution in [0.2, 0.25) is 5.02 Å². The molecule has 0 aliphatic carbocycles. The van der Waals surface area contributed by atoms with Gasteiger partial charge in [0.05, 0.1) is 18.0 Å². The highest BCUT2D eigenvalue weighted by Gasteiger charge is 2.07. The summed E-state index contributed by atoms with van der Waals surface area (Å²) in [6, 6.07) is 9.65. The smallest absolute Gasteiger partial charge is 0.144 e. The first-order chi connectivity index (χ1) is 9.60. The summed E-state index contributed by atoms with van der Waals surface area (Å²) in [5, 5.41) is 3.36. The molecule has 0 radical (unpaired) electrons. The Morgan fingerprint density at radius 3 is 2.80 bits per heavy atom. The van der Waals surface area contributed by atoms with Gasteiger partial charge in [-0.3, -0.25) is 0 Å². The quantitative estimate of drug-likeness (QED) is 0.793. The Balaban J connectivity index is 2.24. The molecule has 0 fully saturated rings. The summed E-state index contributed by atoms with van der Waals surface area (Å²) in [6.07, 6.45) is 0.899. The van der Waals surface area contributed by atoms with Crippen molar-refractivity contribution in [3.63, 3.8) is 0 Å². The molecule has 0 spiro atoms. The van der Waals surface area contributed by atoms with Crippen molar-refractivity contribution in [2.45, 2.75) is 13.3 Å². The Bertz CT molecular complexity index is 584. The van der Waals surface area contributed by atoms with Crippen LogP contribution in [0.15, 0.2) is 36.4 Å². The molecular formula is C15H16ClFN2O. The van der Waals surface area contributed by atoms with Crippen LogP contribution in [-0.4, -0.2) is 6.61 Å². The molecule has 0 heterocycles. The van der Waals surface area contributed by atoms with E-state index in [-0.39, 0.29) is 0 Å². The summed E-state index contributed by atoms with van der Waals surface area (Å²) in [4.78, 5) is 0. The number of nitrogen functional groups attached to an aromatic ring is 1. The maximum Gasteiger partial charge on any atom is 0.144 e. The lowest BCUT2D eigenvalue weighted by Gasteiger charge is -2.13. The molecule has 3 N–H and O–H groups in total. The fraction of sp³-hybridized carbons (Fsp3) is 0.200. The molecule has 20 heavy (non-hydrogen) atoms. The Kier molecular flexibility index (Phi) is 4.69. The van der Waals surface area contributed by atoms with Crippen molar-refractivity contribution in [3.8, 4) is 5.75 Å². The van der Waals surface area contributed by atoms with Crippen LogP contribution in [0.4, 0.5) is 21.5 Å². The molecule has 0 atom stereocenters. The number of anilines is 3. The summed E-state index contributed by atoms with van der Waals surface area (Å²) in [5.41, 5.74) is 7.71. The van der Waals surface area contributed by atoms with Crippen LogP contribution in [0.25, 0.3) is 0 Å². The number of benzene rings is 2. The number of ether oxygens (including phenoxy) is 1. The molecule has 0 amide bonds. The fourth-order valence-corrected chi connectivity index (χ4v) is 1.99. The highest BCUT2D eigenvalue weighted by molar-refractivity contribution is 6.30. The molecule has 0 aliphatic heterocycles. The van der Waals surface area contributed by atoms with E-state index in [4.69, 9.17) is 22.1 Å². The Morgan fingerprint density at radius 1 is 1.30 bits per heavy atom. The minimum atomic E-state index is -0.406. The van der Waals surface area contributed by atoms with Crippen molar-refractivity contribution in [1.82, 2.24) is 0 Å². The zero-order chi connectivity index (χ0) is 14.5. The van der Waals surface area contributed by atoms with Gasteiger partial charge < -0.3 is 15.8 Å². The Labute approximate surface area is 122 Å². The summed E-state index contributed by atoms with van der Waals surface area (Å²) in [5.74, 6) is 0.205. The van der Waals surface area contributed by atoms with Gasteiger partial charge in [-0.05, 0) is 36.8 Å². The minimum Gasteiger partial charge on any atom is -0.491 e. The first kappa shape index (κ1) is 14.5. The van der Waals surface area contributed by atoms with E-state index < -0.39 is 5.82 Å². The van der Waals surface area contributed by atoms with Crippen LogP contribution in [0.1, 0.15) is 13.3 Å². The van der Waals surface area contributed by atoms with Crippen molar-refractivity contribution < 1.29 is 9.13 Å². The topological polar surface area (TPSA) is 47.3 Å². The molecule has 3 nitrogen and oxygen atoms in total. The fourth-order valence-electron chi connectivity index (χ4n) is 1.77. The van der Waals surface area contributed by atoms with Crippen molar-refractivity contribution >= 4 is 28.7 Å². The van der Waals surface area contributed by atoms with Gasteiger partial charge in [-0.25, -0.2) is 4.39 Å². The number of nitrogens with one attached hydrogen (secondary N) is 1. The van der Waals surface area contributed by atoms with Gasteiger partial charge in [0.2, 0.25) is 0 Å².